The van der Waals surface area contributed by atoms with E-state index in [0.29, 0.717) is 19.7 Å². The van der Waals surface area contributed by atoms with Crippen molar-refractivity contribution < 1.29 is 14.6 Å². The number of rotatable bonds is 8. The second-order valence-corrected chi connectivity index (χ2v) is 5.10. The van der Waals surface area contributed by atoms with E-state index in [1.54, 1.807) is 7.11 Å². The van der Waals surface area contributed by atoms with Crippen molar-refractivity contribution in [2.24, 2.45) is 0 Å². The predicted octanol–water partition coefficient (Wildman–Crippen LogP) is 3.09. The van der Waals surface area contributed by atoms with Crippen LogP contribution in [0.25, 0.3) is 0 Å². The summed E-state index contributed by atoms with van der Waals surface area (Å²) < 4.78 is 11.3. The van der Waals surface area contributed by atoms with Gasteiger partial charge in [-0.1, -0.05) is 30.3 Å². The van der Waals surface area contributed by atoms with Crippen LogP contribution in [0.2, 0.25) is 0 Å². The number of aliphatic hydroxyl groups excluding tert-OH is 1. The molecule has 2 rings (SSSR count). The van der Waals surface area contributed by atoms with E-state index in [4.69, 9.17) is 14.6 Å². The Morgan fingerprint density at radius 1 is 1.09 bits per heavy atom. The summed E-state index contributed by atoms with van der Waals surface area (Å²) in [6.07, 6.45) is 0. The van der Waals surface area contributed by atoms with E-state index in [-0.39, 0.29) is 19.0 Å². The molecule has 0 radical (unpaired) electrons. The molecule has 0 aliphatic heterocycles. The summed E-state index contributed by atoms with van der Waals surface area (Å²) in [4.78, 5) is 0. The average molecular weight is 338 g/mol. The first-order valence-corrected chi connectivity index (χ1v) is 7.40. The molecule has 0 amide bonds. The summed E-state index contributed by atoms with van der Waals surface area (Å²) in [5.74, 6) is 1.45. The smallest absolute Gasteiger partial charge is 0.161 e. The zero-order valence-electron chi connectivity index (χ0n) is 13.5. The van der Waals surface area contributed by atoms with Gasteiger partial charge in [0.25, 0.3) is 0 Å². The minimum atomic E-state index is 0. The lowest BCUT2D eigenvalue weighted by Gasteiger charge is -2.13. The highest BCUT2D eigenvalue weighted by atomic mass is 35.5. The van der Waals surface area contributed by atoms with Crippen molar-refractivity contribution >= 4 is 12.4 Å². The maximum atomic E-state index is 8.78. The topological polar surface area (TPSA) is 50.7 Å². The van der Waals surface area contributed by atoms with Gasteiger partial charge in [-0.05, 0) is 35.7 Å². The van der Waals surface area contributed by atoms with Gasteiger partial charge >= 0.3 is 0 Å². The molecular formula is C18H24ClNO3. The minimum absolute atomic E-state index is 0. The third kappa shape index (κ3) is 5.75. The van der Waals surface area contributed by atoms with Crippen LogP contribution in [0.5, 0.6) is 11.5 Å². The number of nitrogens with one attached hydrogen (secondary N) is 1. The molecule has 2 N–H and O–H groups in total. The molecule has 0 aliphatic carbocycles. The molecule has 0 spiro atoms. The van der Waals surface area contributed by atoms with Gasteiger partial charge in [-0.2, -0.15) is 0 Å². The molecule has 0 heterocycles. The Hall–Kier alpha value is -1.75. The molecule has 2 aromatic carbocycles. The quantitative estimate of drug-likeness (QED) is 0.727. The van der Waals surface area contributed by atoms with Gasteiger partial charge in [0.2, 0.25) is 0 Å². The summed E-state index contributed by atoms with van der Waals surface area (Å²) in [6.45, 7) is 3.99. The first-order valence-electron chi connectivity index (χ1n) is 7.40. The van der Waals surface area contributed by atoms with Crippen molar-refractivity contribution in [1.82, 2.24) is 5.32 Å². The Morgan fingerprint density at radius 3 is 2.57 bits per heavy atom. The van der Waals surface area contributed by atoms with Crippen LogP contribution in [0.1, 0.15) is 16.7 Å². The molecule has 4 nitrogen and oxygen atoms in total. The fourth-order valence-electron chi connectivity index (χ4n) is 2.18. The van der Waals surface area contributed by atoms with Gasteiger partial charge in [0.1, 0.15) is 6.61 Å². The van der Waals surface area contributed by atoms with Gasteiger partial charge in [0.05, 0.1) is 13.7 Å². The van der Waals surface area contributed by atoms with E-state index in [9.17, 15) is 0 Å². The van der Waals surface area contributed by atoms with E-state index in [1.165, 1.54) is 11.1 Å². The minimum Gasteiger partial charge on any atom is -0.493 e. The second-order valence-electron chi connectivity index (χ2n) is 5.10. The lowest BCUT2D eigenvalue weighted by Crippen LogP contribution is -2.17. The first-order chi connectivity index (χ1) is 10.7. The molecule has 126 valence electrons. The van der Waals surface area contributed by atoms with Gasteiger partial charge in [-0.25, -0.2) is 0 Å². The Morgan fingerprint density at radius 2 is 1.87 bits per heavy atom. The van der Waals surface area contributed by atoms with Crippen LogP contribution in [0.3, 0.4) is 0 Å². The van der Waals surface area contributed by atoms with Crippen molar-refractivity contribution in [3.8, 4) is 11.5 Å². The van der Waals surface area contributed by atoms with E-state index in [0.717, 1.165) is 17.1 Å². The molecule has 0 atom stereocenters. The van der Waals surface area contributed by atoms with E-state index in [2.05, 4.69) is 24.4 Å². The highest BCUT2D eigenvalue weighted by molar-refractivity contribution is 5.85. The fraction of sp³-hybridized carbons (Fsp3) is 0.333. The largest absolute Gasteiger partial charge is 0.493 e. The van der Waals surface area contributed by atoms with Gasteiger partial charge in [-0.3, -0.25) is 0 Å². The number of aryl methyl sites for hydroxylation is 1. The Balaban J connectivity index is 0.00000264. The summed E-state index contributed by atoms with van der Waals surface area (Å²) in [5, 5.41) is 11.9. The zero-order chi connectivity index (χ0) is 15.8. The van der Waals surface area contributed by atoms with E-state index < -0.39 is 0 Å². The number of ether oxygens (including phenoxy) is 2. The number of halogens is 1. The summed E-state index contributed by atoms with van der Waals surface area (Å²) >= 11 is 0. The molecule has 23 heavy (non-hydrogen) atoms. The van der Waals surface area contributed by atoms with Crippen LogP contribution < -0.4 is 14.8 Å². The van der Waals surface area contributed by atoms with Crippen LogP contribution in [0.15, 0.2) is 42.5 Å². The van der Waals surface area contributed by atoms with Gasteiger partial charge in [0, 0.05) is 13.1 Å². The van der Waals surface area contributed by atoms with Crippen molar-refractivity contribution in [1.29, 1.82) is 0 Å². The van der Waals surface area contributed by atoms with Crippen LogP contribution in [-0.2, 0) is 13.2 Å². The van der Waals surface area contributed by atoms with Crippen molar-refractivity contribution in [3.63, 3.8) is 0 Å². The first kappa shape index (κ1) is 19.3. The van der Waals surface area contributed by atoms with Crippen LogP contribution >= 0.6 is 12.4 Å². The molecule has 0 aliphatic rings. The Kier molecular flexibility index (Phi) is 8.48. The standard InChI is InChI=1S/C18H23NO3.ClH/c1-14-5-3-4-6-16(14)13-22-17-8-7-15(11-18(17)21-2)12-19-9-10-20;/h3-8,11,19-20H,9-10,12-13H2,1-2H3;1H. The summed E-state index contributed by atoms with van der Waals surface area (Å²) in [5.41, 5.74) is 3.47. The molecule has 5 heteroatoms. The van der Waals surface area contributed by atoms with Crippen LogP contribution in [0, 0.1) is 6.92 Å². The molecule has 0 bridgehead atoms. The highest BCUT2D eigenvalue weighted by Gasteiger charge is 2.07. The highest BCUT2D eigenvalue weighted by Crippen LogP contribution is 2.29. The second kappa shape index (κ2) is 10.1. The van der Waals surface area contributed by atoms with Crippen molar-refractivity contribution in [3.05, 3.63) is 59.2 Å². The molecule has 0 saturated heterocycles. The molecule has 0 aromatic heterocycles. The monoisotopic (exact) mass is 337 g/mol. The molecule has 2 aromatic rings. The Labute approximate surface area is 143 Å². The maximum absolute atomic E-state index is 8.78. The predicted molar refractivity (Wildman–Crippen MR) is 94.5 cm³/mol. The SMILES string of the molecule is COc1cc(CNCCO)ccc1OCc1ccccc1C.Cl. The van der Waals surface area contributed by atoms with E-state index in [1.807, 2.05) is 30.3 Å². The number of hydrogen-bond acceptors (Lipinski definition) is 4. The summed E-state index contributed by atoms with van der Waals surface area (Å²) in [6, 6.07) is 14.1. The Bertz CT molecular complexity index is 605. The number of benzene rings is 2. The van der Waals surface area contributed by atoms with Gasteiger partial charge in [-0.15, -0.1) is 12.4 Å². The zero-order valence-corrected chi connectivity index (χ0v) is 14.4. The number of methoxy groups -OCH3 is 1. The third-order valence-electron chi connectivity index (χ3n) is 3.49. The molecule has 0 fully saturated rings. The number of aliphatic hydroxyl groups is 1. The van der Waals surface area contributed by atoms with E-state index >= 15 is 0 Å². The third-order valence-corrected chi connectivity index (χ3v) is 3.49. The fourth-order valence-corrected chi connectivity index (χ4v) is 2.18. The lowest BCUT2D eigenvalue weighted by molar-refractivity contribution is 0.283. The van der Waals surface area contributed by atoms with Crippen LogP contribution in [-0.4, -0.2) is 25.4 Å². The maximum Gasteiger partial charge on any atom is 0.161 e. The summed E-state index contributed by atoms with van der Waals surface area (Å²) in [7, 11) is 1.64. The molecule has 0 unspecified atom stereocenters. The normalized spacial score (nSPS) is 10.0. The van der Waals surface area contributed by atoms with Gasteiger partial charge in [0.15, 0.2) is 11.5 Å². The molecular weight excluding hydrogens is 314 g/mol. The van der Waals surface area contributed by atoms with Gasteiger partial charge < -0.3 is 19.9 Å². The van der Waals surface area contributed by atoms with Crippen LogP contribution in [0.4, 0.5) is 0 Å². The van der Waals surface area contributed by atoms with Crippen molar-refractivity contribution in [2.75, 3.05) is 20.3 Å². The lowest BCUT2D eigenvalue weighted by atomic mass is 10.1. The average Bonchev–Trinajstić information content (AvgIpc) is 2.55. The number of hydrogen-bond donors (Lipinski definition) is 2. The molecule has 0 saturated carbocycles. The van der Waals surface area contributed by atoms with Crippen molar-refractivity contribution in [2.45, 2.75) is 20.1 Å².